The molecule has 0 bridgehead atoms. The topological polar surface area (TPSA) is 17.1 Å². The van der Waals surface area contributed by atoms with Crippen LogP contribution in [-0.2, 0) is 4.79 Å². The Balaban J connectivity index is 2.38. The number of rotatable bonds is 1. The van der Waals surface area contributed by atoms with Crippen LogP contribution in [0.4, 0.5) is 0 Å². The van der Waals surface area contributed by atoms with Crippen LogP contribution in [0.2, 0.25) is 0 Å². The van der Waals surface area contributed by atoms with Crippen molar-refractivity contribution in [2.45, 2.75) is 59.8 Å². The van der Waals surface area contributed by atoms with E-state index < -0.39 is 0 Å². The molecule has 16 heavy (non-hydrogen) atoms. The molecule has 0 spiro atoms. The minimum absolute atomic E-state index is 0.213. The zero-order chi connectivity index (χ0) is 11.9. The summed E-state index contributed by atoms with van der Waals surface area (Å²) in [5, 5.41) is 0. The lowest BCUT2D eigenvalue weighted by Gasteiger charge is -2.43. The van der Waals surface area contributed by atoms with Crippen molar-refractivity contribution in [2.24, 2.45) is 17.3 Å². The first-order valence-electron chi connectivity index (χ1n) is 6.70. The average molecular weight is 220 g/mol. The van der Waals surface area contributed by atoms with E-state index in [0.29, 0.717) is 11.7 Å². The number of carbonyl (C=O) groups excluding carboxylic acids is 1. The molecule has 0 aromatic rings. The molecule has 1 nitrogen and oxygen atoms in total. The molecule has 0 aromatic heterocycles. The SMILES string of the molecule is CC1=C2C(=O)[C@@H](C(C)C)CC[C@]2(C)CCC1. The molecule has 0 unspecified atom stereocenters. The maximum absolute atomic E-state index is 12.6. The Labute approximate surface area is 99.3 Å². The first-order valence-corrected chi connectivity index (χ1v) is 6.70. The first kappa shape index (κ1) is 11.9. The van der Waals surface area contributed by atoms with Crippen molar-refractivity contribution in [1.82, 2.24) is 0 Å². The van der Waals surface area contributed by atoms with Gasteiger partial charge in [0.25, 0.3) is 0 Å². The van der Waals surface area contributed by atoms with Crippen molar-refractivity contribution in [2.75, 3.05) is 0 Å². The second-order valence-corrected chi connectivity index (χ2v) is 6.32. The number of Topliss-reactive ketones (excluding diaryl/α,β-unsaturated/α-hetero) is 1. The molecule has 1 heteroatoms. The average Bonchev–Trinajstić information content (AvgIpc) is 2.16. The van der Waals surface area contributed by atoms with Gasteiger partial charge in [0.2, 0.25) is 0 Å². The molecule has 2 rings (SSSR count). The lowest BCUT2D eigenvalue weighted by molar-refractivity contribution is -0.124. The molecule has 0 aromatic carbocycles. The maximum Gasteiger partial charge on any atom is 0.162 e. The van der Waals surface area contributed by atoms with E-state index in [1.54, 1.807) is 0 Å². The first-order chi connectivity index (χ1) is 7.46. The normalized spacial score (nSPS) is 35.6. The van der Waals surface area contributed by atoms with E-state index in [1.165, 1.54) is 30.4 Å². The summed E-state index contributed by atoms with van der Waals surface area (Å²) in [5.41, 5.74) is 2.80. The number of ketones is 1. The highest BCUT2D eigenvalue weighted by Gasteiger charge is 2.44. The molecule has 0 radical (unpaired) electrons. The van der Waals surface area contributed by atoms with Crippen LogP contribution >= 0.6 is 0 Å². The van der Waals surface area contributed by atoms with Gasteiger partial charge in [-0.2, -0.15) is 0 Å². The molecule has 2 aliphatic carbocycles. The maximum atomic E-state index is 12.6. The zero-order valence-electron chi connectivity index (χ0n) is 11.1. The van der Waals surface area contributed by atoms with Crippen LogP contribution in [-0.4, -0.2) is 5.78 Å². The molecule has 2 aliphatic rings. The minimum Gasteiger partial charge on any atom is -0.294 e. The quantitative estimate of drug-likeness (QED) is 0.649. The lowest BCUT2D eigenvalue weighted by atomic mass is 9.60. The number of hydrogen-bond donors (Lipinski definition) is 0. The van der Waals surface area contributed by atoms with Gasteiger partial charge < -0.3 is 0 Å². The fourth-order valence-electron chi connectivity index (χ4n) is 3.69. The predicted molar refractivity (Wildman–Crippen MR) is 67.2 cm³/mol. The van der Waals surface area contributed by atoms with Gasteiger partial charge in [0, 0.05) is 11.5 Å². The summed E-state index contributed by atoms with van der Waals surface area (Å²) in [4.78, 5) is 12.6. The second kappa shape index (κ2) is 4.01. The Morgan fingerprint density at radius 3 is 2.62 bits per heavy atom. The van der Waals surface area contributed by atoms with Gasteiger partial charge in [-0.25, -0.2) is 0 Å². The van der Waals surface area contributed by atoms with Gasteiger partial charge >= 0.3 is 0 Å². The summed E-state index contributed by atoms with van der Waals surface area (Å²) in [6.45, 7) is 8.85. The molecule has 90 valence electrons. The van der Waals surface area contributed by atoms with Crippen LogP contribution in [0.25, 0.3) is 0 Å². The standard InChI is InChI=1S/C15H24O/c1-10(2)12-7-9-15(4)8-5-6-11(3)13(15)14(12)16/h10,12H,5-9H2,1-4H3/t12-,15+/m1/s1. The van der Waals surface area contributed by atoms with Crippen molar-refractivity contribution >= 4 is 5.78 Å². The summed E-state index contributed by atoms with van der Waals surface area (Å²) >= 11 is 0. The molecule has 0 N–H and O–H groups in total. The van der Waals surface area contributed by atoms with Crippen molar-refractivity contribution in [1.29, 1.82) is 0 Å². The van der Waals surface area contributed by atoms with Gasteiger partial charge in [-0.1, -0.05) is 26.3 Å². The fourth-order valence-corrected chi connectivity index (χ4v) is 3.69. The van der Waals surface area contributed by atoms with Gasteiger partial charge in [0.05, 0.1) is 0 Å². The van der Waals surface area contributed by atoms with Gasteiger partial charge in [-0.3, -0.25) is 4.79 Å². The smallest absolute Gasteiger partial charge is 0.162 e. The van der Waals surface area contributed by atoms with Crippen LogP contribution in [0.3, 0.4) is 0 Å². The van der Waals surface area contributed by atoms with E-state index in [1.807, 2.05) is 0 Å². The number of allylic oxidation sites excluding steroid dienone is 2. The molecule has 0 heterocycles. The van der Waals surface area contributed by atoms with Crippen LogP contribution < -0.4 is 0 Å². The van der Waals surface area contributed by atoms with Crippen molar-refractivity contribution in [3.63, 3.8) is 0 Å². The molecule has 0 aliphatic heterocycles. The third-order valence-electron chi connectivity index (χ3n) is 4.71. The molecule has 0 amide bonds. The lowest BCUT2D eigenvalue weighted by Crippen LogP contribution is -2.39. The van der Waals surface area contributed by atoms with Crippen LogP contribution in [0.1, 0.15) is 59.8 Å². The molecular formula is C15H24O. The van der Waals surface area contributed by atoms with Crippen molar-refractivity contribution < 1.29 is 4.79 Å². The third kappa shape index (κ3) is 1.74. The largest absolute Gasteiger partial charge is 0.294 e. The molecule has 1 saturated carbocycles. The third-order valence-corrected chi connectivity index (χ3v) is 4.71. The van der Waals surface area contributed by atoms with E-state index in [2.05, 4.69) is 27.7 Å². The summed E-state index contributed by atoms with van der Waals surface area (Å²) in [6.07, 6.45) is 5.95. The van der Waals surface area contributed by atoms with Crippen molar-refractivity contribution in [3.8, 4) is 0 Å². The summed E-state index contributed by atoms with van der Waals surface area (Å²) in [6, 6.07) is 0. The zero-order valence-corrected chi connectivity index (χ0v) is 11.1. The highest BCUT2D eigenvalue weighted by Crippen LogP contribution is 2.50. The van der Waals surface area contributed by atoms with Crippen LogP contribution in [0.15, 0.2) is 11.1 Å². The fraction of sp³-hybridized carbons (Fsp3) is 0.800. The van der Waals surface area contributed by atoms with Gasteiger partial charge in [0.15, 0.2) is 5.78 Å². The number of carbonyl (C=O) groups is 1. The number of fused-ring (bicyclic) bond motifs is 1. The van der Waals surface area contributed by atoms with E-state index >= 15 is 0 Å². The Hall–Kier alpha value is -0.590. The summed E-state index contributed by atoms with van der Waals surface area (Å²) in [7, 11) is 0. The summed E-state index contributed by atoms with van der Waals surface area (Å²) < 4.78 is 0. The predicted octanol–water partition coefficient (Wildman–Crippen LogP) is 4.13. The van der Waals surface area contributed by atoms with Gasteiger partial charge in [0.1, 0.15) is 0 Å². The Bertz CT molecular complexity index is 337. The highest BCUT2D eigenvalue weighted by molar-refractivity contribution is 6.00. The monoisotopic (exact) mass is 220 g/mol. The Morgan fingerprint density at radius 1 is 1.31 bits per heavy atom. The Morgan fingerprint density at radius 2 is 2.00 bits per heavy atom. The van der Waals surface area contributed by atoms with E-state index in [4.69, 9.17) is 0 Å². The Kier molecular flexibility index (Phi) is 2.98. The van der Waals surface area contributed by atoms with Crippen molar-refractivity contribution in [3.05, 3.63) is 11.1 Å². The van der Waals surface area contributed by atoms with Gasteiger partial charge in [-0.05, 0) is 50.4 Å². The van der Waals surface area contributed by atoms with Gasteiger partial charge in [-0.15, -0.1) is 0 Å². The minimum atomic E-state index is 0.213. The van der Waals surface area contributed by atoms with Crippen LogP contribution in [0.5, 0.6) is 0 Å². The molecule has 0 saturated heterocycles. The molecule has 2 atom stereocenters. The summed E-state index contributed by atoms with van der Waals surface area (Å²) in [5.74, 6) is 1.26. The van der Waals surface area contributed by atoms with Crippen LogP contribution in [0, 0.1) is 17.3 Å². The molecule has 1 fully saturated rings. The second-order valence-electron chi connectivity index (χ2n) is 6.32. The van der Waals surface area contributed by atoms with E-state index in [-0.39, 0.29) is 11.3 Å². The van der Waals surface area contributed by atoms with E-state index in [0.717, 1.165) is 12.8 Å². The molecular weight excluding hydrogens is 196 g/mol. The van der Waals surface area contributed by atoms with E-state index in [9.17, 15) is 4.79 Å². The highest BCUT2D eigenvalue weighted by atomic mass is 16.1. The number of hydrogen-bond acceptors (Lipinski definition) is 1.